The molecule has 0 bridgehead atoms. The van der Waals surface area contributed by atoms with E-state index < -0.39 is 9.84 Å². The first kappa shape index (κ1) is 14.8. The summed E-state index contributed by atoms with van der Waals surface area (Å²) in [6, 6.07) is 0.469. The van der Waals surface area contributed by atoms with E-state index in [9.17, 15) is 13.2 Å². The summed E-state index contributed by atoms with van der Waals surface area (Å²) in [5.74, 6) is 0.874. The van der Waals surface area contributed by atoms with E-state index in [-0.39, 0.29) is 23.6 Å². The van der Waals surface area contributed by atoms with Crippen LogP contribution in [0.25, 0.3) is 0 Å². The van der Waals surface area contributed by atoms with Crippen molar-refractivity contribution >= 4 is 15.7 Å². The highest BCUT2D eigenvalue weighted by atomic mass is 32.2. The normalized spacial score (nSPS) is 27.9. The Hall–Kier alpha value is -0.620. The Bertz CT molecular complexity index is 425. The molecule has 1 amide bonds. The zero-order valence-corrected chi connectivity index (χ0v) is 12.6. The van der Waals surface area contributed by atoms with Crippen LogP contribution in [-0.4, -0.2) is 55.9 Å². The van der Waals surface area contributed by atoms with Crippen LogP contribution in [0.15, 0.2) is 0 Å². The molecule has 6 heteroatoms. The summed E-state index contributed by atoms with van der Waals surface area (Å²) in [6.07, 6.45) is 2.58. The van der Waals surface area contributed by atoms with Gasteiger partial charge in [-0.15, -0.1) is 0 Å². The van der Waals surface area contributed by atoms with Gasteiger partial charge in [0.25, 0.3) is 0 Å². The highest BCUT2D eigenvalue weighted by molar-refractivity contribution is 7.91. The van der Waals surface area contributed by atoms with Crippen LogP contribution >= 0.6 is 0 Å². The fourth-order valence-electron chi connectivity index (χ4n) is 2.89. The molecule has 5 nitrogen and oxygen atoms in total. The van der Waals surface area contributed by atoms with Gasteiger partial charge in [0, 0.05) is 31.1 Å². The van der Waals surface area contributed by atoms with Gasteiger partial charge in [-0.1, -0.05) is 13.8 Å². The van der Waals surface area contributed by atoms with Crippen molar-refractivity contribution in [2.24, 2.45) is 5.92 Å². The minimum Gasteiger partial charge on any atom is -0.342 e. The molecule has 0 aromatic rings. The molecule has 2 heterocycles. The van der Waals surface area contributed by atoms with E-state index in [4.69, 9.17) is 0 Å². The highest BCUT2D eigenvalue weighted by Gasteiger charge is 2.31. The molecular weight excluding hydrogens is 264 g/mol. The number of likely N-dealkylation sites (tertiary alicyclic amines) is 1. The number of piperidine rings is 1. The maximum absolute atomic E-state index is 11.9. The van der Waals surface area contributed by atoms with E-state index in [1.165, 1.54) is 0 Å². The summed E-state index contributed by atoms with van der Waals surface area (Å²) in [5.41, 5.74) is 0. The fraction of sp³-hybridized carbons (Fsp3) is 0.923. The molecule has 2 aliphatic rings. The number of sulfone groups is 1. The van der Waals surface area contributed by atoms with Gasteiger partial charge in [-0.05, 0) is 19.3 Å². The number of hydrogen-bond donors (Lipinski definition) is 1. The molecular formula is C13H24N2O3S. The fourth-order valence-corrected chi connectivity index (χ4v) is 4.58. The Morgan fingerprint density at radius 3 is 2.26 bits per heavy atom. The number of hydrogen-bond acceptors (Lipinski definition) is 4. The second-order valence-corrected chi connectivity index (χ2v) is 8.25. The molecule has 2 rings (SSSR count). The molecule has 0 radical (unpaired) electrons. The van der Waals surface area contributed by atoms with Crippen molar-refractivity contribution in [3.8, 4) is 0 Å². The molecule has 110 valence electrons. The third kappa shape index (κ3) is 3.92. The maximum atomic E-state index is 11.9. The second kappa shape index (κ2) is 5.79. The van der Waals surface area contributed by atoms with Crippen LogP contribution in [0, 0.1) is 5.92 Å². The van der Waals surface area contributed by atoms with Crippen molar-refractivity contribution in [2.45, 2.75) is 45.2 Å². The first-order chi connectivity index (χ1) is 8.87. The smallest absolute Gasteiger partial charge is 0.225 e. The SMILES string of the molecule is CC(C)C(=O)N1CCC(NC2CCS(=O)(=O)C2)CC1. The van der Waals surface area contributed by atoms with Crippen molar-refractivity contribution < 1.29 is 13.2 Å². The summed E-state index contributed by atoms with van der Waals surface area (Å²) in [7, 11) is -2.81. The largest absolute Gasteiger partial charge is 0.342 e. The van der Waals surface area contributed by atoms with Crippen LogP contribution in [0.4, 0.5) is 0 Å². The van der Waals surface area contributed by atoms with Crippen LogP contribution in [0.1, 0.15) is 33.1 Å². The quantitative estimate of drug-likeness (QED) is 0.817. The van der Waals surface area contributed by atoms with Gasteiger partial charge < -0.3 is 10.2 Å². The number of rotatable bonds is 3. The minimum absolute atomic E-state index is 0.0597. The van der Waals surface area contributed by atoms with Gasteiger partial charge in [0.15, 0.2) is 9.84 Å². The molecule has 0 aliphatic carbocycles. The van der Waals surface area contributed by atoms with Gasteiger partial charge >= 0.3 is 0 Å². The molecule has 1 atom stereocenters. The van der Waals surface area contributed by atoms with Crippen molar-refractivity contribution in [3.05, 3.63) is 0 Å². The third-order valence-electron chi connectivity index (χ3n) is 4.00. The lowest BCUT2D eigenvalue weighted by Gasteiger charge is -2.34. The maximum Gasteiger partial charge on any atom is 0.225 e. The lowest BCUT2D eigenvalue weighted by Crippen LogP contribution is -2.48. The first-order valence-corrected chi connectivity index (χ1v) is 8.95. The molecule has 19 heavy (non-hydrogen) atoms. The van der Waals surface area contributed by atoms with Gasteiger partial charge in [-0.3, -0.25) is 4.79 Å². The molecule has 0 aromatic carbocycles. The molecule has 0 aromatic heterocycles. The summed E-state index contributed by atoms with van der Waals surface area (Å²) in [4.78, 5) is 13.8. The Morgan fingerprint density at radius 1 is 1.16 bits per heavy atom. The van der Waals surface area contributed by atoms with Crippen LogP contribution in [0.3, 0.4) is 0 Å². The molecule has 2 aliphatic heterocycles. The molecule has 2 saturated heterocycles. The van der Waals surface area contributed by atoms with E-state index in [1.54, 1.807) is 0 Å². The third-order valence-corrected chi connectivity index (χ3v) is 5.77. The van der Waals surface area contributed by atoms with Crippen molar-refractivity contribution in [3.63, 3.8) is 0 Å². The zero-order chi connectivity index (χ0) is 14.0. The van der Waals surface area contributed by atoms with Gasteiger partial charge in [-0.25, -0.2) is 8.42 Å². The van der Waals surface area contributed by atoms with Gasteiger partial charge in [-0.2, -0.15) is 0 Å². The first-order valence-electron chi connectivity index (χ1n) is 7.12. The van der Waals surface area contributed by atoms with Gasteiger partial charge in [0.2, 0.25) is 5.91 Å². The molecule has 0 saturated carbocycles. The van der Waals surface area contributed by atoms with Crippen molar-refractivity contribution in [2.75, 3.05) is 24.6 Å². The van der Waals surface area contributed by atoms with Crippen LogP contribution in [0.2, 0.25) is 0 Å². The molecule has 1 unspecified atom stereocenters. The molecule has 0 spiro atoms. The van der Waals surface area contributed by atoms with Crippen molar-refractivity contribution in [1.29, 1.82) is 0 Å². The topological polar surface area (TPSA) is 66.5 Å². The summed E-state index contributed by atoms with van der Waals surface area (Å²) in [5, 5.41) is 3.44. The number of carbonyl (C=O) groups is 1. The zero-order valence-electron chi connectivity index (χ0n) is 11.8. The van der Waals surface area contributed by atoms with E-state index in [2.05, 4.69) is 5.32 Å². The molecule has 1 N–H and O–H groups in total. The van der Waals surface area contributed by atoms with Crippen LogP contribution in [0.5, 0.6) is 0 Å². The monoisotopic (exact) mass is 288 g/mol. The van der Waals surface area contributed by atoms with Crippen LogP contribution in [-0.2, 0) is 14.6 Å². The van der Waals surface area contributed by atoms with Gasteiger partial charge in [0.05, 0.1) is 11.5 Å². The highest BCUT2D eigenvalue weighted by Crippen LogP contribution is 2.17. The number of nitrogens with one attached hydrogen (secondary N) is 1. The average Bonchev–Trinajstić information content (AvgIpc) is 2.68. The number of amides is 1. The summed E-state index contributed by atoms with van der Waals surface area (Å²) < 4.78 is 22.8. The Morgan fingerprint density at radius 2 is 1.79 bits per heavy atom. The second-order valence-electron chi connectivity index (χ2n) is 6.02. The Kier molecular flexibility index (Phi) is 4.50. The summed E-state index contributed by atoms with van der Waals surface area (Å²) >= 11 is 0. The number of nitrogens with zero attached hydrogens (tertiary/aromatic N) is 1. The van der Waals surface area contributed by atoms with E-state index in [0.717, 1.165) is 32.4 Å². The number of carbonyl (C=O) groups excluding carboxylic acids is 1. The van der Waals surface area contributed by atoms with E-state index in [0.29, 0.717) is 11.8 Å². The predicted molar refractivity (Wildman–Crippen MR) is 74.6 cm³/mol. The lowest BCUT2D eigenvalue weighted by molar-refractivity contribution is -0.135. The minimum atomic E-state index is -2.81. The van der Waals surface area contributed by atoms with Crippen molar-refractivity contribution in [1.82, 2.24) is 10.2 Å². The predicted octanol–water partition coefficient (Wildman–Crippen LogP) is 0.410. The summed E-state index contributed by atoms with van der Waals surface area (Å²) in [6.45, 7) is 5.43. The Balaban J connectivity index is 1.77. The van der Waals surface area contributed by atoms with Gasteiger partial charge in [0.1, 0.15) is 0 Å². The van der Waals surface area contributed by atoms with E-state index >= 15 is 0 Å². The van der Waals surface area contributed by atoms with Crippen LogP contribution < -0.4 is 5.32 Å². The lowest BCUT2D eigenvalue weighted by atomic mass is 10.0. The molecule has 2 fully saturated rings. The van der Waals surface area contributed by atoms with E-state index in [1.807, 2.05) is 18.7 Å². The average molecular weight is 288 g/mol. The Labute approximate surface area is 115 Å². The standard InChI is InChI=1S/C13H24N2O3S/c1-10(2)13(16)15-6-3-11(4-7-15)14-12-5-8-19(17,18)9-12/h10-12,14H,3-9H2,1-2H3.